The van der Waals surface area contributed by atoms with Gasteiger partial charge < -0.3 is 4.74 Å². The summed E-state index contributed by atoms with van der Waals surface area (Å²) in [7, 11) is 1.58. The second-order valence-electron chi connectivity index (χ2n) is 5.69. The van der Waals surface area contributed by atoms with E-state index in [9.17, 15) is 9.59 Å². The van der Waals surface area contributed by atoms with E-state index in [1.807, 2.05) is 31.2 Å². The molecule has 2 aromatic heterocycles. The van der Waals surface area contributed by atoms with Gasteiger partial charge in [0.2, 0.25) is 0 Å². The van der Waals surface area contributed by atoms with E-state index >= 15 is 0 Å². The van der Waals surface area contributed by atoms with Crippen LogP contribution in [-0.4, -0.2) is 40.9 Å². The molecule has 0 aliphatic heterocycles. The predicted molar refractivity (Wildman–Crippen MR) is 102 cm³/mol. The summed E-state index contributed by atoms with van der Waals surface area (Å²) in [4.78, 5) is 31.0. The zero-order chi connectivity index (χ0) is 18.5. The molecule has 3 rings (SSSR count). The van der Waals surface area contributed by atoms with Gasteiger partial charge in [0.15, 0.2) is 5.13 Å². The molecule has 0 atom stereocenters. The fraction of sp³-hybridized carbons (Fsp3) is 0.333. The summed E-state index contributed by atoms with van der Waals surface area (Å²) in [6.07, 6.45) is 0.760. The molecule has 3 aromatic rings. The zero-order valence-electron chi connectivity index (χ0n) is 14.7. The summed E-state index contributed by atoms with van der Waals surface area (Å²) < 4.78 is 7.46. The standard InChI is InChI=1S/C18H20N4O3S/c1-3-10-22-16(23)9-8-14(20-22)17(24)21(11-12-25-2)18-19-13-6-4-5-7-15(13)26-18/h4-9H,3,10-12H2,1-2H3. The molecule has 136 valence electrons. The number of para-hydroxylation sites is 1. The van der Waals surface area contributed by atoms with Gasteiger partial charge in [0.1, 0.15) is 5.69 Å². The van der Waals surface area contributed by atoms with Gasteiger partial charge in [-0.25, -0.2) is 9.67 Å². The molecule has 26 heavy (non-hydrogen) atoms. The Morgan fingerprint density at radius 3 is 2.81 bits per heavy atom. The SMILES string of the molecule is CCCn1nc(C(=O)N(CCOC)c2nc3ccccc3s2)ccc1=O. The van der Waals surface area contributed by atoms with Crippen LogP contribution >= 0.6 is 11.3 Å². The first kappa shape index (κ1) is 18.2. The maximum absolute atomic E-state index is 13.1. The molecule has 1 aromatic carbocycles. The van der Waals surface area contributed by atoms with Crippen molar-refractivity contribution in [3.8, 4) is 0 Å². The minimum absolute atomic E-state index is 0.216. The molecule has 0 saturated carbocycles. The first-order valence-corrected chi connectivity index (χ1v) is 9.20. The van der Waals surface area contributed by atoms with E-state index in [1.165, 1.54) is 28.2 Å². The van der Waals surface area contributed by atoms with E-state index in [0.717, 1.165) is 16.6 Å². The number of hydrogen-bond acceptors (Lipinski definition) is 6. The monoisotopic (exact) mass is 372 g/mol. The number of hydrogen-bond donors (Lipinski definition) is 0. The molecule has 0 bridgehead atoms. The summed E-state index contributed by atoms with van der Waals surface area (Å²) in [6, 6.07) is 10.6. The summed E-state index contributed by atoms with van der Waals surface area (Å²) in [6.45, 7) is 3.15. The minimum atomic E-state index is -0.300. The quantitative estimate of drug-likeness (QED) is 0.637. The van der Waals surface area contributed by atoms with Gasteiger partial charge >= 0.3 is 0 Å². The molecule has 0 N–H and O–H groups in total. The largest absolute Gasteiger partial charge is 0.383 e. The van der Waals surface area contributed by atoms with E-state index in [2.05, 4.69) is 10.1 Å². The fourth-order valence-electron chi connectivity index (χ4n) is 2.52. The molecule has 2 heterocycles. The number of carbonyl (C=O) groups excluding carboxylic acids is 1. The number of thiazole rings is 1. The van der Waals surface area contributed by atoms with Gasteiger partial charge in [0, 0.05) is 19.7 Å². The number of anilines is 1. The number of nitrogens with zero attached hydrogens (tertiary/aromatic N) is 4. The van der Waals surface area contributed by atoms with Crippen LogP contribution < -0.4 is 10.5 Å². The number of amides is 1. The normalized spacial score (nSPS) is 11.0. The van der Waals surface area contributed by atoms with Crippen molar-refractivity contribution in [3.63, 3.8) is 0 Å². The van der Waals surface area contributed by atoms with Crippen LogP contribution in [0.15, 0.2) is 41.2 Å². The van der Waals surface area contributed by atoms with Crippen molar-refractivity contribution >= 4 is 32.6 Å². The maximum atomic E-state index is 13.1. The molecule has 0 spiro atoms. The average molecular weight is 372 g/mol. The first-order chi connectivity index (χ1) is 12.6. The van der Waals surface area contributed by atoms with E-state index in [-0.39, 0.29) is 17.2 Å². The van der Waals surface area contributed by atoms with Crippen molar-refractivity contribution in [2.24, 2.45) is 0 Å². The lowest BCUT2D eigenvalue weighted by Crippen LogP contribution is -2.36. The van der Waals surface area contributed by atoms with Gasteiger partial charge in [-0.05, 0) is 24.6 Å². The van der Waals surface area contributed by atoms with Crippen LogP contribution in [0.25, 0.3) is 10.2 Å². The number of methoxy groups -OCH3 is 1. The Hall–Kier alpha value is -2.58. The smallest absolute Gasteiger partial charge is 0.280 e. The highest BCUT2D eigenvalue weighted by atomic mass is 32.1. The predicted octanol–water partition coefficient (Wildman–Crippen LogP) is 2.56. The Morgan fingerprint density at radius 1 is 1.27 bits per heavy atom. The number of rotatable bonds is 7. The van der Waals surface area contributed by atoms with E-state index in [4.69, 9.17) is 4.74 Å². The van der Waals surface area contributed by atoms with Gasteiger partial charge in [-0.1, -0.05) is 30.4 Å². The molecule has 0 radical (unpaired) electrons. The Labute approximate surface area is 154 Å². The Morgan fingerprint density at radius 2 is 2.08 bits per heavy atom. The number of aromatic nitrogens is 3. The summed E-state index contributed by atoms with van der Waals surface area (Å²) in [5.74, 6) is -0.300. The third-order valence-electron chi connectivity index (χ3n) is 3.80. The molecule has 0 saturated heterocycles. The van der Waals surface area contributed by atoms with Crippen molar-refractivity contribution in [1.29, 1.82) is 0 Å². The third kappa shape index (κ3) is 3.81. The van der Waals surface area contributed by atoms with Gasteiger partial charge in [-0.15, -0.1) is 0 Å². The molecule has 7 nitrogen and oxygen atoms in total. The molecule has 0 fully saturated rings. The number of carbonyl (C=O) groups is 1. The van der Waals surface area contributed by atoms with Crippen molar-refractivity contribution < 1.29 is 9.53 Å². The van der Waals surface area contributed by atoms with Gasteiger partial charge in [0.25, 0.3) is 11.5 Å². The minimum Gasteiger partial charge on any atom is -0.383 e. The lowest BCUT2D eigenvalue weighted by atomic mass is 10.3. The summed E-state index contributed by atoms with van der Waals surface area (Å²) in [5, 5.41) is 4.81. The van der Waals surface area contributed by atoms with Crippen molar-refractivity contribution in [2.45, 2.75) is 19.9 Å². The maximum Gasteiger partial charge on any atom is 0.280 e. The highest BCUT2D eigenvalue weighted by Gasteiger charge is 2.23. The Kier molecular flexibility index (Phi) is 5.75. The molecular weight excluding hydrogens is 352 g/mol. The van der Waals surface area contributed by atoms with Crippen LogP contribution in [0.3, 0.4) is 0 Å². The van der Waals surface area contributed by atoms with Crippen molar-refractivity contribution in [2.75, 3.05) is 25.2 Å². The topological polar surface area (TPSA) is 77.3 Å². The van der Waals surface area contributed by atoms with Crippen LogP contribution in [0.4, 0.5) is 5.13 Å². The van der Waals surface area contributed by atoms with Crippen LogP contribution in [0.5, 0.6) is 0 Å². The molecule has 1 amide bonds. The van der Waals surface area contributed by atoms with Crippen LogP contribution in [0.2, 0.25) is 0 Å². The number of ether oxygens (including phenoxy) is 1. The van der Waals surface area contributed by atoms with E-state index < -0.39 is 0 Å². The summed E-state index contributed by atoms with van der Waals surface area (Å²) >= 11 is 1.44. The van der Waals surface area contributed by atoms with Crippen LogP contribution in [0.1, 0.15) is 23.8 Å². The Bertz CT molecular complexity index is 933. The third-order valence-corrected chi connectivity index (χ3v) is 4.86. The van der Waals surface area contributed by atoms with E-state index in [1.54, 1.807) is 12.0 Å². The average Bonchev–Trinajstić information content (AvgIpc) is 3.07. The first-order valence-electron chi connectivity index (χ1n) is 8.38. The molecule has 8 heteroatoms. The Balaban J connectivity index is 1.98. The highest BCUT2D eigenvalue weighted by molar-refractivity contribution is 7.22. The molecule has 0 aliphatic carbocycles. The second kappa shape index (κ2) is 8.20. The number of benzene rings is 1. The number of fused-ring (bicyclic) bond motifs is 1. The van der Waals surface area contributed by atoms with Gasteiger partial charge in [0.05, 0.1) is 23.4 Å². The molecule has 0 unspecified atom stereocenters. The van der Waals surface area contributed by atoms with Crippen LogP contribution in [0, 0.1) is 0 Å². The number of aryl methyl sites for hydroxylation is 1. The van der Waals surface area contributed by atoms with Crippen LogP contribution in [-0.2, 0) is 11.3 Å². The zero-order valence-corrected chi connectivity index (χ0v) is 15.5. The van der Waals surface area contributed by atoms with Gasteiger partial charge in [-0.3, -0.25) is 14.5 Å². The molecular formula is C18H20N4O3S. The van der Waals surface area contributed by atoms with Crippen molar-refractivity contribution in [3.05, 3.63) is 52.4 Å². The highest BCUT2D eigenvalue weighted by Crippen LogP contribution is 2.29. The van der Waals surface area contributed by atoms with E-state index in [0.29, 0.717) is 24.8 Å². The fourth-order valence-corrected chi connectivity index (χ4v) is 3.51. The van der Waals surface area contributed by atoms with Gasteiger partial charge in [-0.2, -0.15) is 5.10 Å². The summed E-state index contributed by atoms with van der Waals surface area (Å²) in [5.41, 5.74) is 0.840. The lowest BCUT2D eigenvalue weighted by molar-refractivity contribution is 0.0968. The second-order valence-corrected chi connectivity index (χ2v) is 6.70. The lowest BCUT2D eigenvalue weighted by Gasteiger charge is -2.19. The van der Waals surface area contributed by atoms with Crippen molar-refractivity contribution in [1.82, 2.24) is 14.8 Å². The molecule has 0 aliphatic rings.